The van der Waals surface area contributed by atoms with E-state index in [1.165, 1.54) is 27.4 Å². The zero-order valence-electron chi connectivity index (χ0n) is 11.0. The Bertz CT molecular complexity index is 935. The molecule has 0 atom stereocenters. The van der Waals surface area contributed by atoms with Crippen molar-refractivity contribution in [3.05, 3.63) is 60.4 Å². The summed E-state index contributed by atoms with van der Waals surface area (Å²) in [5.74, 6) is 0. The van der Waals surface area contributed by atoms with Gasteiger partial charge in [0.15, 0.2) is 12.6 Å². The van der Waals surface area contributed by atoms with E-state index in [9.17, 15) is 0 Å². The van der Waals surface area contributed by atoms with Crippen LogP contribution in [0.3, 0.4) is 0 Å². The number of nitrogens with zero attached hydrogens (tertiary/aromatic N) is 3. The predicted octanol–water partition coefficient (Wildman–Crippen LogP) is 1.96. The molecule has 19 heavy (non-hydrogen) atoms. The first-order chi connectivity index (χ1) is 9.27. The van der Waals surface area contributed by atoms with Crippen molar-refractivity contribution in [2.75, 3.05) is 0 Å². The Hall–Kier alpha value is -2.42. The van der Waals surface area contributed by atoms with Crippen LogP contribution in [0.2, 0.25) is 0 Å². The first-order valence-corrected chi connectivity index (χ1v) is 6.47. The first-order valence-electron chi connectivity index (χ1n) is 6.47. The summed E-state index contributed by atoms with van der Waals surface area (Å²) in [5, 5.41) is 2.58. The van der Waals surface area contributed by atoms with E-state index in [-0.39, 0.29) is 0 Å². The van der Waals surface area contributed by atoms with Crippen molar-refractivity contribution in [2.24, 2.45) is 7.05 Å². The highest BCUT2D eigenvalue weighted by Gasteiger charge is 2.22. The van der Waals surface area contributed by atoms with Crippen molar-refractivity contribution in [1.29, 1.82) is 0 Å². The maximum Gasteiger partial charge on any atom is 0.272 e. The molecule has 2 aromatic carbocycles. The van der Waals surface area contributed by atoms with Crippen molar-refractivity contribution in [3.63, 3.8) is 0 Å². The van der Waals surface area contributed by atoms with Crippen LogP contribution in [0.4, 0.5) is 0 Å². The third kappa shape index (κ3) is 1.27. The summed E-state index contributed by atoms with van der Waals surface area (Å²) in [6.07, 6.45) is 4.19. The molecule has 0 saturated carbocycles. The van der Waals surface area contributed by atoms with Gasteiger partial charge < -0.3 is 0 Å². The maximum absolute atomic E-state index is 2.22. The van der Waals surface area contributed by atoms with Gasteiger partial charge in [-0.2, -0.15) is 0 Å². The Morgan fingerprint density at radius 3 is 2.58 bits per heavy atom. The van der Waals surface area contributed by atoms with E-state index in [0.717, 1.165) is 0 Å². The molecule has 0 bridgehead atoms. The number of rotatable bonds is 0. The van der Waals surface area contributed by atoms with Gasteiger partial charge in [0.1, 0.15) is 0 Å². The molecular formula is C16H15N3+2. The predicted molar refractivity (Wildman–Crippen MR) is 74.0 cm³/mol. The number of hydrogen-bond acceptors (Lipinski definition) is 0. The Morgan fingerprint density at radius 1 is 0.895 bits per heavy atom. The van der Waals surface area contributed by atoms with Crippen molar-refractivity contribution in [1.82, 2.24) is 4.63 Å². The molecule has 0 aliphatic carbocycles. The Balaban J connectivity index is 2.49. The third-order valence-corrected chi connectivity index (χ3v) is 3.81. The van der Waals surface area contributed by atoms with Crippen LogP contribution in [-0.4, -0.2) is 4.63 Å². The Kier molecular flexibility index (Phi) is 1.96. The lowest BCUT2D eigenvalue weighted by Gasteiger charge is -2.02. The van der Waals surface area contributed by atoms with Gasteiger partial charge in [-0.1, -0.05) is 35.0 Å². The van der Waals surface area contributed by atoms with Crippen molar-refractivity contribution in [2.45, 2.75) is 6.92 Å². The van der Waals surface area contributed by atoms with Crippen LogP contribution in [0.5, 0.6) is 0 Å². The number of aryl methyl sites for hydroxylation is 2. The van der Waals surface area contributed by atoms with Gasteiger partial charge in [0.25, 0.3) is 12.4 Å². The average Bonchev–Trinajstić information content (AvgIpc) is 2.82. The summed E-state index contributed by atoms with van der Waals surface area (Å²) in [6.45, 7) is 2.16. The largest absolute Gasteiger partial charge is 0.272 e. The quantitative estimate of drug-likeness (QED) is 0.334. The lowest BCUT2D eigenvalue weighted by atomic mass is 10.1. The van der Waals surface area contributed by atoms with Gasteiger partial charge in [0.05, 0.1) is 10.0 Å². The second-order valence-electron chi connectivity index (χ2n) is 4.99. The molecule has 0 amide bonds. The zero-order chi connectivity index (χ0) is 13.0. The second-order valence-corrected chi connectivity index (χ2v) is 4.99. The number of aromatic nitrogens is 3. The van der Waals surface area contributed by atoms with E-state index < -0.39 is 0 Å². The summed E-state index contributed by atoms with van der Waals surface area (Å²) in [6, 6.07) is 15.0. The molecule has 2 aromatic heterocycles. The molecule has 92 valence electrons. The molecular weight excluding hydrogens is 234 g/mol. The molecule has 0 aliphatic heterocycles. The Morgan fingerprint density at radius 2 is 1.68 bits per heavy atom. The fourth-order valence-electron chi connectivity index (χ4n) is 2.93. The van der Waals surface area contributed by atoms with E-state index in [1.54, 1.807) is 0 Å². The van der Waals surface area contributed by atoms with E-state index in [1.807, 2.05) is 0 Å². The van der Waals surface area contributed by atoms with Gasteiger partial charge in [-0.15, -0.1) is 0 Å². The highest BCUT2D eigenvalue weighted by molar-refractivity contribution is 6.03. The summed E-state index contributed by atoms with van der Waals surface area (Å²) in [4.78, 5) is 0. The molecule has 0 saturated heterocycles. The molecule has 0 spiro atoms. The van der Waals surface area contributed by atoms with Gasteiger partial charge in [-0.25, -0.2) is 0 Å². The molecule has 0 fully saturated rings. The molecule has 0 aliphatic rings. The first kappa shape index (κ1) is 10.5. The van der Waals surface area contributed by atoms with Crippen molar-refractivity contribution in [3.8, 4) is 0 Å². The fraction of sp³-hybridized carbons (Fsp3) is 0.125. The van der Waals surface area contributed by atoms with Gasteiger partial charge in [0.2, 0.25) is 5.52 Å². The lowest BCUT2D eigenvalue weighted by molar-refractivity contribution is -0.833. The Labute approximate surface area is 110 Å². The molecule has 3 heteroatoms. The highest BCUT2D eigenvalue weighted by Crippen LogP contribution is 2.23. The molecule has 2 heterocycles. The molecule has 3 nitrogen and oxygen atoms in total. The summed E-state index contributed by atoms with van der Waals surface area (Å²) in [7, 11) is 2.07. The van der Waals surface area contributed by atoms with Crippen molar-refractivity contribution < 1.29 is 9.20 Å². The fourth-order valence-corrected chi connectivity index (χ4v) is 2.93. The standard InChI is InChI=1S/C16H15N3/c1-12-6-5-8-14-13-7-3-4-9-15(13)18-11-10-17(2)19(18)16(12)14/h3-11H,1-2H3/q+2. The molecule has 0 unspecified atom stereocenters. The smallest absolute Gasteiger partial charge is 0.0612 e. The number of para-hydroxylation sites is 2. The van der Waals surface area contributed by atoms with Crippen LogP contribution in [0.15, 0.2) is 54.9 Å². The zero-order valence-corrected chi connectivity index (χ0v) is 11.0. The molecule has 4 rings (SSSR count). The molecule has 0 radical (unpaired) electrons. The number of benzene rings is 2. The average molecular weight is 249 g/mol. The van der Waals surface area contributed by atoms with E-state index in [0.29, 0.717) is 0 Å². The van der Waals surface area contributed by atoms with E-state index >= 15 is 0 Å². The second kappa shape index (κ2) is 3.54. The minimum atomic E-state index is 1.22. The van der Waals surface area contributed by atoms with Crippen LogP contribution in [0.25, 0.3) is 21.8 Å². The maximum atomic E-state index is 2.22. The molecule has 4 aromatic rings. The highest BCUT2D eigenvalue weighted by atomic mass is 15.5. The van der Waals surface area contributed by atoms with Crippen LogP contribution in [-0.2, 0) is 7.05 Å². The summed E-state index contributed by atoms with van der Waals surface area (Å²) < 4.78 is 6.53. The summed E-state index contributed by atoms with van der Waals surface area (Å²) >= 11 is 0. The monoisotopic (exact) mass is 249 g/mol. The SMILES string of the molecule is Cc1cccc2c3ccccc3[n+]3cc[n+](C)n3c12. The van der Waals surface area contributed by atoms with Gasteiger partial charge in [-0.3, -0.25) is 0 Å². The third-order valence-electron chi connectivity index (χ3n) is 3.81. The number of hydrogen-bond donors (Lipinski definition) is 0. The van der Waals surface area contributed by atoms with Crippen LogP contribution in [0.1, 0.15) is 5.56 Å². The molecule has 0 N–H and O–H groups in total. The topological polar surface area (TPSA) is 12.4 Å². The lowest BCUT2D eigenvalue weighted by Crippen LogP contribution is -2.45. The minimum absolute atomic E-state index is 1.22. The number of fused-ring (bicyclic) bond motifs is 6. The summed E-state index contributed by atoms with van der Waals surface area (Å²) in [5.41, 5.74) is 3.77. The van der Waals surface area contributed by atoms with E-state index in [2.05, 4.69) is 82.7 Å². The van der Waals surface area contributed by atoms with Crippen LogP contribution < -0.4 is 9.20 Å². The van der Waals surface area contributed by atoms with E-state index in [4.69, 9.17) is 0 Å². The van der Waals surface area contributed by atoms with Crippen molar-refractivity contribution >= 4 is 21.8 Å². The van der Waals surface area contributed by atoms with Crippen LogP contribution >= 0.6 is 0 Å². The van der Waals surface area contributed by atoms with Gasteiger partial charge in [-0.05, 0) is 23.1 Å². The normalized spacial score (nSPS) is 11.7. The van der Waals surface area contributed by atoms with Gasteiger partial charge in [0, 0.05) is 11.5 Å². The minimum Gasteiger partial charge on any atom is -0.0612 e. The van der Waals surface area contributed by atoms with Crippen LogP contribution in [0, 0.1) is 6.92 Å². The van der Waals surface area contributed by atoms with Gasteiger partial charge >= 0.3 is 0 Å².